The van der Waals surface area contributed by atoms with Gasteiger partial charge in [0.25, 0.3) is 0 Å². The summed E-state index contributed by atoms with van der Waals surface area (Å²) in [4.78, 5) is 39.8. The van der Waals surface area contributed by atoms with Crippen molar-refractivity contribution in [1.82, 2.24) is 39.9 Å². The van der Waals surface area contributed by atoms with E-state index in [0.29, 0.717) is 17.5 Å². The average molecular weight is 767 g/mol. The first-order chi connectivity index (χ1) is 29.7. The van der Waals surface area contributed by atoms with Gasteiger partial charge in [-0.2, -0.15) is 0 Å². The number of hydrogen-bond acceptors (Lipinski definition) is 8. The van der Waals surface area contributed by atoms with Crippen molar-refractivity contribution in [1.29, 1.82) is 0 Å². The number of benzene rings is 6. The lowest BCUT2D eigenvalue weighted by molar-refractivity contribution is 1.07. The Morgan fingerprint density at radius 3 is 1.40 bits per heavy atom. The Balaban J connectivity index is 1.17. The zero-order valence-corrected chi connectivity index (χ0v) is 31.9. The third-order valence-corrected chi connectivity index (χ3v) is 11.2. The molecule has 0 saturated heterocycles. The molecule has 0 N–H and O–H groups in total. The van der Waals surface area contributed by atoms with E-state index in [1.54, 1.807) is 0 Å². The summed E-state index contributed by atoms with van der Waals surface area (Å²) < 4.78 is 0. The van der Waals surface area contributed by atoms with E-state index in [-0.39, 0.29) is 0 Å². The van der Waals surface area contributed by atoms with E-state index in [2.05, 4.69) is 96.0 Å². The normalized spacial score (nSPS) is 11.7. The molecular weight excluding hydrogens is 737 g/mol. The highest BCUT2D eigenvalue weighted by Gasteiger charge is 2.20. The average Bonchev–Trinajstić information content (AvgIpc) is 3.31. The molecule has 12 aromatic rings. The van der Waals surface area contributed by atoms with Crippen LogP contribution >= 0.6 is 0 Å². The van der Waals surface area contributed by atoms with Crippen LogP contribution in [0.5, 0.6) is 0 Å². The summed E-state index contributed by atoms with van der Waals surface area (Å²) in [6.07, 6.45) is 9.19. The van der Waals surface area contributed by atoms with Gasteiger partial charge >= 0.3 is 0 Å². The Morgan fingerprint density at radius 2 is 0.767 bits per heavy atom. The Morgan fingerprint density at radius 1 is 0.267 bits per heavy atom. The fourth-order valence-corrected chi connectivity index (χ4v) is 8.46. The van der Waals surface area contributed by atoms with Crippen LogP contribution in [0.15, 0.2) is 183 Å². The molecule has 0 radical (unpaired) electrons. The van der Waals surface area contributed by atoms with Crippen LogP contribution in [0.4, 0.5) is 0 Å². The van der Waals surface area contributed by atoms with E-state index >= 15 is 0 Å². The predicted octanol–water partition coefficient (Wildman–Crippen LogP) is 12.1. The predicted molar refractivity (Wildman–Crippen MR) is 241 cm³/mol. The summed E-state index contributed by atoms with van der Waals surface area (Å²) in [5.74, 6) is 1.69. The molecule has 0 saturated carbocycles. The third-order valence-electron chi connectivity index (χ3n) is 11.2. The van der Waals surface area contributed by atoms with Gasteiger partial charge in [-0.25, -0.2) is 15.0 Å². The van der Waals surface area contributed by atoms with Crippen molar-refractivity contribution >= 4 is 65.3 Å². The van der Waals surface area contributed by atoms with Crippen LogP contribution in [-0.4, -0.2) is 39.9 Å². The number of rotatable bonds is 5. The van der Waals surface area contributed by atoms with Gasteiger partial charge in [0.2, 0.25) is 0 Å². The third kappa shape index (κ3) is 5.69. The van der Waals surface area contributed by atoms with E-state index in [1.165, 1.54) is 0 Å². The molecule has 0 aliphatic carbocycles. The summed E-state index contributed by atoms with van der Waals surface area (Å²) in [6.45, 7) is 0. The van der Waals surface area contributed by atoms with Crippen LogP contribution in [0.2, 0.25) is 0 Å². The Labute approximate surface area is 343 Å². The van der Waals surface area contributed by atoms with Gasteiger partial charge < -0.3 is 0 Å². The SMILES string of the molecule is c1ccc(-c2nc(-c3cc(-c4c5cccnc5cc5cccnc45)cc(-c4c5cccnc5cc5cccnc45)c3)nc(-c3ccc4cc5ncccc5cc4c3)n2)cc1. The molecule has 0 atom stereocenters. The van der Waals surface area contributed by atoms with Crippen LogP contribution < -0.4 is 0 Å². The summed E-state index contributed by atoms with van der Waals surface area (Å²) in [7, 11) is 0. The Kier molecular flexibility index (Phi) is 7.67. The van der Waals surface area contributed by atoms with Crippen LogP contribution in [0.1, 0.15) is 0 Å². The fraction of sp³-hybridized carbons (Fsp3) is 0. The van der Waals surface area contributed by atoms with Gasteiger partial charge in [-0.3, -0.25) is 24.9 Å². The molecule has 8 heteroatoms. The standard InChI is InChI=1S/C52H30N8/c1-2-9-31(10-3-1)50-58-51(36-17-16-32-28-43-33(11-4-18-53-43)23-37(32)24-36)60-52(59-50)40-26-38(46-41-14-7-19-54-44(41)29-34-12-5-21-56-48(34)46)25-39(27-40)47-42-15-8-20-55-45(42)30-35-13-6-22-57-49(35)47/h1-30H. The van der Waals surface area contributed by atoms with Crippen LogP contribution in [0.3, 0.4) is 0 Å². The van der Waals surface area contributed by atoms with Crippen LogP contribution in [-0.2, 0) is 0 Å². The molecule has 0 bridgehead atoms. The number of pyridine rings is 5. The minimum Gasteiger partial charge on any atom is -0.256 e. The molecule has 12 rings (SSSR count). The maximum Gasteiger partial charge on any atom is 0.164 e. The second-order valence-electron chi connectivity index (χ2n) is 14.9. The molecule has 6 heterocycles. The number of fused-ring (bicyclic) bond motifs is 6. The number of aromatic nitrogens is 8. The second-order valence-corrected chi connectivity index (χ2v) is 14.9. The minimum atomic E-state index is 0.538. The summed E-state index contributed by atoms with van der Waals surface area (Å²) >= 11 is 0. The molecular formula is C52H30N8. The first kappa shape index (κ1) is 33.7. The van der Waals surface area contributed by atoms with Crippen molar-refractivity contribution in [2.45, 2.75) is 0 Å². The molecule has 0 spiro atoms. The fourth-order valence-electron chi connectivity index (χ4n) is 8.46. The van der Waals surface area contributed by atoms with E-state index in [0.717, 1.165) is 104 Å². The molecule has 0 aliphatic rings. The largest absolute Gasteiger partial charge is 0.256 e. The van der Waals surface area contributed by atoms with Gasteiger partial charge in [0.05, 0.1) is 27.6 Å². The lowest BCUT2D eigenvalue weighted by Gasteiger charge is -2.16. The highest BCUT2D eigenvalue weighted by atomic mass is 15.0. The molecule has 0 fully saturated rings. The van der Waals surface area contributed by atoms with E-state index in [9.17, 15) is 0 Å². The molecule has 0 unspecified atom stereocenters. The molecule has 8 nitrogen and oxygen atoms in total. The molecule has 0 amide bonds. The topological polar surface area (TPSA) is 103 Å². The lowest BCUT2D eigenvalue weighted by atomic mass is 9.90. The molecule has 0 aliphatic heterocycles. The first-order valence-electron chi connectivity index (χ1n) is 19.7. The first-order valence-corrected chi connectivity index (χ1v) is 19.7. The highest BCUT2D eigenvalue weighted by molar-refractivity contribution is 6.13. The van der Waals surface area contributed by atoms with Crippen molar-refractivity contribution in [3.63, 3.8) is 0 Å². The maximum absolute atomic E-state index is 5.30. The quantitative estimate of drug-likeness (QED) is 0.160. The van der Waals surface area contributed by atoms with Crippen molar-refractivity contribution < 1.29 is 0 Å². The summed E-state index contributed by atoms with van der Waals surface area (Å²) in [5, 5.41) is 7.24. The minimum absolute atomic E-state index is 0.538. The van der Waals surface area contributed by atoms with Crippen LogP contribution in [0.25, 0.3) is 122 Å². The monoisotopic (exact) mass is 766 g/mol. The summed E-state index contributed by atoms with van der Waals surface area (Å²) in [5.41, 5.74) is 10.9. The zero-order chi connectivity index (χ0) is 39.6. The number of nitrogens with zero attached hydrogens (tertiary/aromatic N) is 8. The lowest BCUT2D eigenvalue weighted by Crippen LogP contribution is -2.01. The molecule has 60 heavy (non-hydrogen) atoms. The van der Waals surface area contributed by atoms with E-state index in [1.807, 2.05) is 91.6 Å². The Hall–Kier alpha value is -8.36. The van der Waals surface area contributed by atoms with Gasteiger partial charge in [-0.15, -0.1) is 0 Å². The van der Waals surface area contributed by atoms with Gasteiger partial charge in [0, 0.05) is 85.7 Å². The second kappa shape index (κ2) is 13.6. The van der Waals surface area contributed by atoms with Crippen molar-refractivity contribution in [3.05, 3.63) is 183 Å². The maximum atomic E-state index is 5.30. The van der Waals surface area contributed by atoms with Crippen molar-refractivity contribution in [2.75, 3.05) is 0 Å². The van der Waals surface area contributed by atoms with Gasteiger partial charge in [-0.05, 0) is 101 Å². The van der Waals surface area contributed by atoms with E-state index < -0.39 is 0 Å². The van der Waals surface area contributed by atoms with E-state index in [4.69, 9.17) is 34.9 Å². The molecule has 278 valence electrons. The zero-order valence-electron chi connectivity index (χ0n) is 31.9. The number of hydrogen-bond donors (Lipinski definition) is 0. The van der Waals surface area contributed by atoms with Gasteiger partial charge in [-0.1, -0.05) is 72.8 Å². The summed E-state index contributed by atoms with van der Waals surface area (Å²) in [6, 6.07) is 51.9. The van der Waals surface area contributed by atoms with Gasteiger partial charge in [0.15, 0.2) is 17.5 Å². The molecule has 6 aromatic heterocycles. The molecule has 6 aromatic carbocycles. The highest BCUT2D eigenvalue weighted by Crippen LogP contribution is 2.42. The van der Waals surface area contributed by atoms with Gasteiger partial charge in [0.1, 0.15) is 0 Å². The van der Waals surface area contributed by atoms with Crippen LogP contribution in [0, 0.1) is 0 Å². The Bertz CT molecular complexity index is 3440. The van der Waals surface area contributed by atoms with Crippen molar-refractivity contribution in [2.24, 2.45) is 0 Å². The van der Waals surface area contributed by atoms with Crippen molar-refractivity contribution in [3.8, 4) is 56.4 Å². The smallest absolute Gasteiger partial charge is 0.164 e.